The van der Waals surface area contributed by atoms with E-state index in [4.69, 9.17) is 4.74 Å². The van der Waals surface area contributed by atoms with Crippen LogP contribution in [0.3, 0.4) is 0 Å². The summed E-state index contributed by atoms with van der Waals surface area (Å²) in [7, 11) is 0. The predicted octanol–water partition coefficient (Wildman–Crippen LogP) is 3.24. The van der Waals surface area contributed by atoms with E-state index in [0.717, 1.165) is 35.8 Å². The lowest BCUT2D eigenvalue weighted by molar-refractivity contribution is 0.458. The molecule has 0 amide bonds. The number of nitrogens with one attached hydrogen (secondary N) is 1. The van der Waals surface area contributed by atoms with Gasteiger partial charge in [-0.3, -0.25) is 4.98 Å². The van der Waals surface area contributed by atoms with Crippen LogP contribution >= 0.6 is 0 Å². The highest BCUT2D eigenvalue weighted by Gasteiger charge is 2.14. The van der Waals surface area contributed by atoms with Crippen LogP contribution in [0.15, 0.2) is 24.4 Å². The Kier molecular flexibility index (Phi) is 3.07. The van der Waals surface area contributed by atoms with Gasteiger partial charge in [-0.2, -0.15) is 0 Å². The molecule has 0 fully saturated rings. The highest BCUT2D eigenvalue weighted by atomic mass is 16.5. The van der Waals surface area contributed by atoms with Gasteiger partial charge in [0.25, 0.3) is 0 Å². The van der Waals surface area contributed by atoms with Gasteiger partial charge < -0.3 is 10.1 Å². The third-order valence-electron chi connectivity index (χ3n) is 3.42. The predicted molar refractivity (Wildman–Crippen MR) is 74.8 cm³/mol. The number of anilines is 1. The van der Waals surface area contributed by atoms with E-state index >= 15 is 0 Å². The molecule has 0 spiro atoms. The van der Waals surface area contributed by atoms with Crippen LogP contribution < -0.4 is 10.1 Å². The number of aromatic nitrogens is 2. The van der Waals surface area contributed by atoms with Crippen molar-refractivity contribution in [2.45, 2.75) is 26.7 Å². The summed E-state index contributed by atoms with van der Waals surface area (Å²) in [4.78, 5) is 8.68. The van der Waals surface area contributed by atoms with E-state index in [1.165, 1.54) is 12.0 Å². The lowest BCUT2D eigenvalue weighted by atomic mass is 10.0. The summed E-state index contributed by atoms with van der Waals surface area (Å²) in [6.07, 6.45) is 3.93. The number of ether oxygens (including phenoxy) is 1. The van der Waals surface area contributed by atoms with Gasteiger partial charge in [0, 0.05) is 6.54 Å². The fourth-order valence-corrected chi connectivity index (χ4v) is 2.25. The van der Waals surface area contributed by atoms with Crippen molar-refractivity contribution in [2.75, 3.05) is 11.9 Å². The van der Waals surface area contributed by atoms with Gasteiger partial charge in [-0.15, -0.1) is 0 Å². The summed E-state index contributed by atoms with van der Waals surface area (Å²) < 4.78 is 5.88. The molecule has 0 atom stereocenters. The van der Waals surface area contributed by atoms with Crippen LogP contribution in [0.5, 0.6) is 11.6 Å². The van der Waals surface area contributed by atoms with Crippen molar-refractivity contribution < 1.29 is 4.74 Å². The zero-order chi connectivity index (χ0) is 13.2. The summed E-state index contributed by atoms with van der Waals surface area (Å²) in [5.74, 6) is 1.37. The third kappa shape index (κ3) is 2.38. The Morgan fingerprint density at radius 3 is 2.95 bits per heavy atom. The molecule has 1 aliphatic heterocycles. The van der Waals surface area contributed by atoms with E-state index in [1.807, 2.05) is 26.0 Å². The minimum Gasteiger partial charge on any atom is -0.435 e. The molecule has 1 N–H and O–H groups in total. The van der Waals surface area contributed by atoms with E-state index in [0.29, 0.717) is 5.88 Å². The molecule has 4 heteroatoms. The molecule has 2 aromatic rings. The van der Waals surface area contributed by atoms with Crippen LogP contribution in [0, 0.1) is 13.8 Å². The Balaban J connectivity index is 1.92. The number of fused-ring (bicyclic) bond motifs is 1. The minimum atomic E-state index is 0.545. The molecular weight excluding hydrogens is 238 g/mol. The molecule has 4 nitrogen and oxygen atoms in total. The second kappa shape index (κ2) is 4.88. The summed E-state index contributed by atoms with van der Waals surface area (Å²) in [6.45, 7) is 4.87. The summed E-state index contributed by atoms with van der Waals surface area (Å²) in [5.41, 5.74) is 4.23. The Bertz CT molecular complexity index is 610. The molecular formula is C15H17N3O. The first-order valence-electron chi connectivity index (χ1n) is 6.58. The van der Waals surface area contributed by atoms with Crippen molar-refractivity contribution in [1.82, 2.24) is 9.97 Å². The van der Waals surface area contributed by atoms with Gasteiger partial charge in [0.05, 0.1) is 23.3 Å². The van der Waals surface area contributed by atoms with Gasteiger partial charge in [-0.25, -0.2) is 4.98 Å². The number of nitrogens with zero attached hydrogens (tertiary/aromatic N) is 2. The topological polar surface area (TPSA) is 47.0 Å². The van der Waals surface area contributed by atoms with Crippen LogP contribution in [0.4, 0.5) is 5.69 Å². The molecule has 0 radical (unpaired) electrons. The van der Waals surface area contributed by atoms with E-state index in [9.17, 15) is 0 Å². The van der Waals surface area contributed by atoms with Gasteiger partial charge in [0.1, 0.15) is 0 Å². The maximum Gasteiger partial charge on any atom is 0.238 e. The highest BCUT2D eigenvalue weighted by Crippen LogP contribution is 2.34. The van der Waals surface area contributed by atoms with Crippen LogP contribution in [0.1, 0.15) is 23.4 Å². The van der Waals surface area contributed by atoms with E-state index in [2.05, 4.69) is 21.4 Å². The quantitative estimate of drug-likeness (QED) is 0.894. The van der Waals surface area contributed by atoms with Crippen molar-refractivity contribution in [3.63, 3.8) is 0 Å². The SMILES string of the molecule is Cc1ncc(Oc2cccc3c2NCCC3)nc1C. The Labute approximate surface area is 112 Å². The fourth-order valence-electron chi connectivity index (χ4n) is 2.25. The first-order valence-corrected chi connectivity index (χ1v) is 6.58. The number of para-hydroxylation sites is 1. The molecule has 1 aromatic heterocycles. The van der Waals surface area contributed by atoms with Crippen LogP contribution in [-0.2, 0) is 6.42 Å². The van der Waals surface area contributed by atoms with Crippen LogP contribution in [0.25, 0.3) is 0 Å². The normalized spacial score (nSPS) is 13.6. The number of benzene rings is 1. The largest absolute Gasteiger partial charge is 0.435 e. The average molecular weight is 255 g/mol. The molecule has 2 heterocycles. The summed E-state index contributed by atoms with van der Waals surface area (Å²) in [5, 5.41) is 3.40. The maximum absolute atomic E-state index is 5.88. The number of hydrogen-bond acceptors (Lipinski definition) is 4. The summed E-state index contributed by atoms with van der Waals surface area (Å²) >= 11 is 0. The van der Waals surface area contributed by atoms with Crippen molar-refractivity contribution in [3.05, 3.63) is 41.3 Å². The number of aryl methyl sites for hydroxylation is 3. The van der Waals surface area contributed by atoms with Crippen molar-refractivity contribution >= 4 is 5.69 Å². The number of hydrogen-bond donors (Lipinski definition) is 1. The fraction of sp³-hybridized carbons (Fsp3) is 0.333. The summed E-state index contributed by atoms with van der Waals surface area (Å²) in [6, 6.07) is 6.13. The molecule has 19 heavy (non-hydrogen) atoms. The van der Waals surface area contributed by atoms with Crippen LogP contribution in [0.2, 0.25) is 0 Å². The lowest BCUT2D eigenvalue weighted by Crippen LogP contribution is -2.12. The molecule has 0 unspecified atom stereocenters. The molecule has 98 valence electrons. The smallest absolute Gasteiger partial charge is 0.238 e. The second-order valence-electron chi connectivity index (χ2n) is 4.80. The maximum atomic E-state index is 5.88. The lowest BCUT2D eigenvalue weighted by Gasteiger charge is -2.20. The van der Waals surface area contributed by atoms with Crippen molar-refractivity contribution in [3.8, 4) is 11.6 Å². The van der Waals surface area contributed by atoms with Crippen molar-refractivity contribution in [1.29, 1.82) is 0 Å². The zero-order valence-corrected chi connectivity index (χ0v) is 11.2. The molecule has 0 aliphatic carbocycles. The minimum absolute atomic E-state index is 0.545. The Morgan fingerprint density at radius 1 is 1.21 bits per heavy atom. The van der Waals surface area contributed by atoms with E-state index in [1.54, 1.807) is 6.20 Å². The van der Waals surface area contributed by atoms with Crippen LogP contribution in [-0.4, -0.2) is 16.5 Å². The van der Waals surface area contributed by atoms with E-state index < -0.39 is 0 Å². The molecule has 1 aromatic carbocycles. The highest BCUT2D eigenvalue weighted by molar-refractivity contribution is 5.64. The second-order valence-corrected chi connectivity index (χ2v) is 4.80. The van der Waals surface area contributed by atoms with Gasteiger partial charge in [0.15, 0.2) is 5.75 Å². The van der Waals surface area contributed by atoms with Gasteiger partial charge in [0.2, 0.25) is 5.88 Å². The first-order chi connectivity index (χ1) is 9.24. The zero-order valence-electron chi connectivity index (χ0n) is 11.2. The molecule has 0 saturated carbocycles. The Hall–Kier alpha value is -2.10. The van der Waals surface area contributed by atoms with Gasteiger partial charge in [-0.05, 0) is 38.3 Å². The monoisotopic (exact) mass is 255 g/mol. The standard InChI is InChI=1S/C15H17N3O/c1-10-11(2)18-14(9-17-10)19-13-7-3-5-12-6-4-8-16-15(12)13/h3,5,7,9,16H,4,6,8H2,1-2H3. The van der Waals surface area contributed by atoms with Gasteiger partial charge in [-0.1, -0.05) is 12.1 Å². The number of rotatable bonds is 2. The van der Waals surface area contributed by atoms with Gasteiger partial charge >= 0.3 is 0 Å². The third-order valence-corrected chi connectivity index (χ3v) is 3.42. The molecule has 3 rings (SSSR count). The first kappa shape index (κ1) is 12.0. The molecule has 1 aliphatic rings. The van der Waals surface area contributed by atoms with E-state index in [-0.39, 0.29) is 0 Å². The molecule has 0 saturated heterocycles. The van der Waals surface area contributed by atoms with Crippen molar-refractivity contribution in [2.24, 2.45) is 0 Å². The molecule has 0 bridgehead atoms. The Morgan fingerprint density at radius 2 is 2.11 bits per heavy atom. The average Bonchev–Trinajstić information content (AvgIpc) is 2.43.